The molecule has 6 aromatic carbocycles. The third-order valence-electron chi connectivity index (χ3n) is 31.8. The lowest BCUT2D eigenvalue weighted by Crippen LogP contribution is -2.52. The first kappa shape index (κ1) is 101. The number of ether oxygens (including phenoxy) is 12. The molecule has 7 aliphatic carbocycles. The van der Waals surface area contributed by atoms with Crippen molar-refractivity contribution in [3.05, 3.63) is 182 Å². The van der Waals surface area contributed by atoms with Crippen LogP contribution in [-0.4, -0.2) is 112 Å². The zero-order chi connectivity index (χ0) is 94.5. The lowest BCUT2D eigenvalue weighted by molar-refractivity contribution is -0.165. The molecule has 0 amide bonds. The third-order valence-corrected chi connectivity index (χ3v) is 31.8. The van der Waals surface area contributed by atoms with Gasteiger partial charge >= 0.3 is 35.8 Å². The van der Waals surface area contributed by atoms with Crippen molar-refractivity contribution in [1.82, 2.24) is 0 Å². The fourth-order valence-corrected chi connectivity index (χ4v) is 24.7. The molecule has 12 atom stereocenters. The second-order valence-electron chi connectivity index (χ2n) is 47.1. The number of para-hydroxylation sites is 6. The summed E-state index contributed by atoms with van der Waals surface area (Å²) in [6.07, 6.45) is 10.3. The first-order chi connectivity index (χ1) is 62.6. The van der Waals surface area contributed by atoms with Crippen molar-refractivity contribution < 1.29 is 85.6 Å². The molecule has 13 rings (SSSR count). The van der Waals surface area contributed by atoms with E-state index in [0.717, 1.165) is 77.0 Å². The molecular formula is C114H156O18. The molecule has 18 nitrogen and oxygen atoms in total. The van der Waals surface area contributed by atoms with Gasteiger partial charge in [0.25, 0.3) is 0 Å². The van der Waals surface area contributed by atoms with Crippen LogP contribution in [0.5, 0.6) is 34.5 Å². The molecule has 12 unspecified atom stereocenters. The minimum Gasteiger partial charge on any atom is -0.425 e. The number of rotatable bonds is 24. The minimum atomic E-state index is -0.498. The topological polar surface area (TPSA) is 213 Å². The summed E-state index contributed by atoms with van der Waals surface area (Å²) in [6, 6.07) is 55.2. The predicted molar refractivity (Wildman–Crippen MR) is 514 cm³/mol. The van der Waals surface area contributed by atoms with Gasteiger partial charge in [-0.05, 0) is 327 Å². The Morgan fingerprint density at radius 1 is 0.182 bits per heavy atom. The Bertz CT molecular complexity index is 3790. The van der Waals surface area contributed by atoms with Crippen molar-refractivity contribution in [2.75, 3.05) is 39.6 Å². The van der Waals surface area contributed by atoms with Gasteiger partial charge in [-0.3, -0.25) is 0 Å². The molecular weight excluding hydrogens is 1660 g/mol. The Hall–Kier alpha value is -8.10. The smallest absolute Gasteiger partial charge is 0.337 e. The molecule has 132 heavy (non-hydrogen) atoms. The van der Waals surface area contributed by atoms with E-state index in [1.807, 2.05) is 109 Å². The van der Waals surface area contributed by atoms with Crippen LogP contribution in [0.2, 0.25) is 0 Å². The molecule has 0 spiro atoms. The summed E-state index contributed by atoms with van der Waals surface area (Å²) >= 11 is 0. The van der Waals surface area contributed by atoms with Crippen molar-refractivity contribution in [1.29, 1.82) is 0 Å². The number of benzene rings is 6. The Labute approximate surface area is 788 Å². The third kappa shape index (κ3) is 28.5. The molecule has 18 heteroatoms. The summed E-state index contributed by atoms with van der Waals surface area (Å²) in [4.78, 5) is 89.1. The van der Waals surface area contributed by atoms with E-state index in [-0.39, 0.29) is 179 Å². The largest absolute Gasteiger partial charge is 0.425 e. The number of esters is 6. The van der Waals surface area contributed by atoms with Crippen LogP contribution in [0.4, 0.5) is 0 Å². The highest BCUT2D eigenvalue weighted by molar-refractivity contribution is 5.76. The molecule has 0 heterocycles. The van der Waals surface area contributed by atoms with Crippen molar-refractivity contribution >= 4 is 35.8 Å². The number of hydrogen-bond acceptors (Lipinski definition) is 18. The molecule has 0 aliphatic heterocycles. The van der Waals surface area contributed by atoms with Gasteiger partial charge in [0.2, 0.25) is 0 Å². The zero-order valence-corrected chi connectivity index (χ0v) is 82.5. The second-order valence-corrected chi connectivity index (χ2v) is 47.1. The van der Waals surface area contributed by atoms with Crippen molar-refractivity contribution in [3.63, 3.8) is 0 Å². The van der Waals surface area contributed by atoms with E-state index in [2.05, 4.69) is 125 Å². The van der Waals surface area contributed by atoms with Gasteiger partial charge in [-0.25, -0.2) is 28.8 Å². The summed E-state index contributed by atoms with van der Waals surface area (Å²) in [5.74, 6) is -1.28. The lowest BCUT2D eigenvalue weighted by Gasteiger charge is -2.54. The standard InChI is InChI=1S/C114H156O18/c1-109(2,3)85-55-73-49-75-57-86(110(4,5)6)59-77(104(75)122-68-98(116)128-92-39-27-20-28-40-92)51-79-61-88(112(10,11)12)63-81(106(79)124-70-100(118)130-94-43-31-22-32-44-94)53-83-65-90(114(16,17)18)66-84(108(83)126-72-102(120)132-96-47-35-24-36-48-96)54-82-64-89(113(13,14)15)62-80(107(82)125-71-101(119)131-95-45-33-23-34-46-95)52-78-60-87(111(7,8)9)58-76(105(78)123-69-99(117)129-93-41-29-21-30-42-93)50-74(56-85)103(73)121-67-97(115)127-91-37-25-19-26-38-91/h19-48,73-90,103-108H,49-72H2,1-18H3. The van der Waals surface area contributed by atoms with E-state index >= 15 is 0 Å². The number of fused-ring (bicyclic) bond motifs is 12. The quantitative estimate of drug-likeness (QED) is 0.0407. The van der Waals surface area contributed by atoms with E-state index in [9.17, 15) is 28.8 Å². The first-order valence-corrected chi connectivity index (χ1v) is 49.8. The molecule has 720 valence electrons. The molecule has 0 saturated heterocycles. The van der Waals surface area contributed by atoms with E-state index in [0.29, 0.717) is 73.0 Å². The van der Waals surface area contributed by atoms with Crippen molar-refractivity contribution in [2.45, 2.75) is 277 Å². The molecule has 7 fully saturated rings. The number of carbonyl (C=O) groups is 6. The van der Waals surface area contributed by atoms with Crippen molar-refractivity contribution in [2.24, 2.45) is 139 Å². The molecule has 7 aliphatic rings. The molecule has 0 radical (unpaired) electrons. The Balaban J connectivity index is 1.02. The molecule has 0 aromatic heterocycles. The van der Waals surface area contributed by atoms with Crippen LogP contribution in [0.1, 0.15) is 240 Å². The fourth-order valence-electron chi connectivity index (χ4n) is 24.7. The Kier molecular flexibility index (Phi) is 34.4. The lowest BCUT2D eigenvalue weighted by atomic mass is 9.54. The van der Waals surface area contributed by atoms with Crippen LogP contribution < -0.4 is 28.4 Å². The Morgan fingerprint density at radius 3 is 0.386 bits per heavy atom. The van der Waals surface area contributed by atoms with Gasteiger partial charge in [-0.2, -0.15) is 0 Å². The maximum Gasteiger partial charge on any atom is 0.337 e. The Morgan fingerprint density at radius 2 is 0.288 bits per heavy atom. The normalized spacial score (nSPS) is 30.5. The average Bonchev–Trinajstić information content (AvgIpc) is 0.761. The van der Waals surface area contributed by atoms with E-state index < -0.39 is 72.4 Å². The summed E-state index contributed by atoms with van der Waals surface area (Å²) in [6.45, 7) is 40.8. The van der Waals surface area contributed by atoms with Gasteiger partial charge in [0, 0.05) is 0 Å². The van der Waals surface area contributed by atoms with Crippen LogP contribution in [-0.2, 0) is 57.2 Å². The SMILES string of the molecule is CC(C)(C)C1CC2CC3CC(C(C)(C)C)CC(CC4CC(C(C)(C)C)CC(CC5CC(C(C)(C)C)CC(CC6CC(C(C)(C)C)CC(CC7CC(C(C)(C)C)CC(CC(C1)C2OCC(=O)Oc1ccccc1)C7OCC(=O)Oc1ccccc1)C6OCC(=O)Oc1ccccc1)C5OCC(=O)Oc1ccccc1)C4OCC(=O)Oc1ccccc1)C3OCC(=O)Oc1ccccc1. The van der Waals surface area contributed by atoms with Crippen LogP contribution >= 0.6 is 0 Å². The van der Waals surface area contributed by atoms with Crippen LogP contribution in [0.25, 0.3) is 0 Å². The van der Waals surface area contributed by atoms with Crippen LogP contribution in [0, 0.1) is 139 Å². The summed E-state index contributed by atoms with van der Waals surface area (Å²) in [5.41, 5.74) is -1.19. The summed E-state index contributed by atoms with van der Waals surface area (Å²) in [7, 11) is 0. The second kappa shape index (κ2) is 44.8. The zero-order valence-electron chi connectivity index (χ0n) is 82.5. The van der Waals surface area contributed by atoms with E-state index in [1.165, 1.54) is 0 Å². The molecule has 7 saturated carbocycles. The minimum absolute atomic E-state index is 0.157. The van der Waals surface area contributed by atoms with Gasteiger partial charge < -0.3 is 56.8 Å². The van der Waals surface area contributed by atoms with Crippen LogP contribution in [0.3, 0.4) is 0 Å². The maximum absolute atomic E-state index is 14.8. The number of carbonyl (C=O) groups excluding carboxylic acids is 6. The summed E-state index contributed by atoms with van der Waals surface area (Å²) < 4.78 is 82.6. The van der Waals surface area contributed by atoms with E-state index in [1.54, 1.807) is 72.8 Å². The summed E-state index contributed by atoms with van der Waals surface area (Å²) in [5, 5.41) is 0. The number of hydrogen-bond donors (Lipinski definition) is 0. The molecule has 6 aromatic rings. The van der Waals surface area contributed by atoms with Crippen LogP contribution in [0.15, 0.2) is 182 Å². The highest BCUT2D eigenvalue weighted by Gasteiger charge is 2.56. The monoisotopic (exact) mass is 1810 g/mol. The highest BCUT2D eigenvalue weighted by atomic mass is 16.6. The molecule has 12 bridgehead atoms. The van der Waals surface area contributed by atoms with E-state index in [4.69, 9.17) is 56.8 Å². The maximum atomic E-state index is 14.8. The molecule has 0 N–H and O–H groups in total. The van der Waals surface area contributed by atoms with Gasteiger partial charge in [0.05, 0.1) is 36.6 Å². The van der Waals surface area contributed by atoms with Gasteiger partial charge in [0.15, 0.2) is 0 Å². The van der Waals surface area contributed by atoms with Gasteiger partial charge in [-0.15, -0.1) is 0 Å². The van der Waals surface area contributed by atoms with Crippen molar-refractivity contribution in [3.8, 4) is 34.5 Å². The average molecular weight is 1810 g/mol. The van der Waals surface area contributed by atoms with Gasteiger partial charge in [-0.1, -0.05) is 234 Å². The highest BCUT2D eigenvalue weighted by Crippen LogP contribution is 2.60. The fraction of sp³-hybridized carbons (Fsp3) is 0.632. The predicted octanol–water partition coefficient (Wildman–Crippen LogP) is 24.4. The van der Waals surface area contributed by atoms with Gasteiger partial charge in [0.1, 0.15) is 74.1 Å². The first-order valence-electron chi connectivity index (χ1n) is 49.8.